The number of rotatable bonds is 2. The lowest BCUT2D eigenvalue weighted by molar-refractivity contribution is 0.597. The van der Waals surface area contributed by atoms with Crippen LogP contribution >= 0.6 is 12.6 Å². The largest absolute Gasteiger partial charge is 0.207 e. The lowest BCUT2D eigenvalue weighted by atomic mass is 10.1. The molecule has 0 fully saturated rings. The average Bonchev–Trinajstić information content (AvgIpc) is 2.28. The Hall–Kier alpha value is -1.09. The first-order chi connectivity index (χ1) is 7.19. The van der Waals surface area contributed by atoms with Gasteiger partial charge in [0, 0.05) is 5.56 Å². The van der Waals surface area contributed by atoms with Crippen LogP contribution in [0.4, 0.5) is 8.78 Å². The van der Waals surface area contributed by atoms with E-state index in [-0.39, 0.29) is 5.56 Å². The van der Waals surface area contributed by atoms with Gasteiger partial charge in [0.05, 0.1) is 0 Å². The van der Waals surface area contributed by atoms with Gasteiger partial charge in [-0.3, -0.25) is 0 Å². The zero-order chi connectivity index (χ0) is 11.8. The molecule has 0 unspecified atom stereocenters. The molecule has 0 heterocycles. The van der Waals surface area contributed by atoms with Crippen molar-refractivity contribution >= 4 is 18.2 Å². The van der Waals surface area contributed by atoms with E-state index in [2.05, 4.69) is 19.2 Å². The third-order valence-electron chi connectivity index (χ3n) is 1.77. The molecule has 0 atom stereocenters. The Kier molecular flexibility index (Phi) is 6.71. The third-order valence-corrected chi connectivity index (χ3v) is 1.77. The van der Waals surface area contributed by atoms with Crippen LogP contribution in [-0.4, -0.2) is 6.26 Å². The van der Waals surface area contributed by atoms with Crippen LogP contribution in [0.5, 0.6) is 0 Å². The van der Waals surface area contributed by atoms with E-state index in [4.69, 9.17) is 0 Å². The van der Waals surface area contributed by atoms with Gasteiger partial charge in [0.25, 0.3) is 0 Å². The molecule has 1 aromatic rings. The molecule has 0 bridgehead atoms. The van der Waals surface area contributed by atoms with Gasteiger partial charge in [0.2, 0.25) is 0 Å². The smallest absolute Gasteiger partial charge is 0.131 e. The summed E-state index contributed by atoms with van der Waals surface area (Å²) in [6, 6.07) is 3.36. The van der Waals surface area contributed by atoms with E-state index in [1.807, 2.05) is 0 Å². The van der Waals surface area contributed by atoms with E-state index in [1.54, 1.807) is 19.3 Å². The topological polar surface area (TPSA) is 0 Å². The molecule has 0 saturated heterocycles. The molecular weight excluding hydrogens is 214 g/mol. The van der Waals surface area contributed by atoms with E-state index in [0.717, 1.165) is 18.2 Å². The van der Waals surface area contributed by atoms with Crippen molar-refractivity contribution in [1.82, 2.24) is 0 Å². The van der Waals surface area contributed by atoms with Gasteiger partial charge in [0.15, 0.2) is 0 Å². The molecule has 15 heavy (non-hydrogen) atoms. The van der Waals surface area contributed by atoms with Gasteiger partial charge in [-0.05, 0) is 37.0 Å². The molecular formula is C12H14F2S. The number of allylic oxidation sites excluding steroid dienone is 3. The predicted molar refractivity (Wildman–Crippen MR) is 65.1 cm³/mol. The highest BCUT2D eigenvalue weighted by Gasteiger charge is 2.05. The van der Waals surface area contributed by atoms with Crippen molar-refractivity contribution < 1.29 is 8.78 Å². The average molecular weight is 228 g/mol. The first kappa shape index (κ1) is 13.9. The molecule has 0 aromatic heterocycles. The molecule has 0 nitrogen and oxygen atoms in total. The van der Waals surface area contributed by atoms with E-state index < -0.39 is 11.6 Å². The molecule has 0 spiro atoms. The summed E-state index contributed by atoms with van der Waals surface area (Å²) in [5.74, 6) is -0.882. The van der Waals surface area contributed by atoms with Gasteiger partial charge in [-0.25, -0.2) is 8.78 Å². The highest BCUT2D eigenvalue weighted by Crippen LogP contribution is 2.19. The fourth-order valence-corrected chi connectivity index (χ4v) is 1.10. The first-order valence-electron chi connectivity index (χ1n) is 4.38. The summed E-state index contributed by atoms with van der Waals surface area (Å²) in [5, 5.41) is 0. The van der Waals surface area contributed by atoms with Crippen molar-refractivity contribution in [1.29, 1.82) is 0 Å². The lowest BCUT2D eigenvalue weighted by Crippen LogP contribution is -1.88. The summed E-state index contributed by atoms with van der Waals surface area (Å²) < 4.78 is 25.9. The molecule has 82 valence electrons. The van der Waals surface area contributed by atoms with Crippen molar-refractivity contribution in [2.45, 2.75) is 6.92 Å². The van der Waals surface area contributed by atoms with Crippen molar-refractivity contribution in [2.75, 3.05) is 6.26 Å². The van der Waals surface area contributed by atoms with Gasteiger partial charge in [-0.2, -0.15) is 12.6 Å². The minimum absolute atomic E-state index is 0.248. The summed E-state index contributed by atoms with van der Waals surface area (Å²) in [6.07, 6.45) is 4.88. The molecule has 0 saturated carbocycles. The molecule has 1 rings (SSSR count). The fraction of sp³-hybridized carbons (Fsp3) is 0.167. The number of hydrogen-bond donors (Lipinski definition) is 1. The Bertz CT molecular complexity index is 357. The van der Waals surface area contributed by atoms with Crippen LogP contribution in [0.2, 0.25) is 0 Å². The summed E-state index contributed by atoms with van der Waals surface area (Å²) >= 11 is 3.53. The highest BCUT2D eigenvalue weighted by molar-refractivity contribution is 7.79. The van der Waals surface area contributed by atoms with Crippen molar-refractivity contribution in [2.24, 2.45) is 0 Å². The molecule has 0 radical (unpaired) electrons. The van der Waals surface area contributed by atoms with Crippen LogP contribution in [0.25, 0.3) is 5.57 Å². The van der Waals surface area contributed by atoms with Crippen LogP contribution < -0.4 is 0 Å². The molecule has 0 N–H and O–H groups in total. The van der Waals surface area contributed by atoms with E-state index >= 15 is 0 Å². The predicted octanol–water partition coefficient (Wildman–Crippen LogP) is 4.10. The maximum Gasteiger partial charge on any atom is 0.131 e. The second-order valence-electron chi connectivity index (χ2n) is 2.57. The SMILES string of the molecule is C=C/C(=C\C)c1cc(F)ccc1F.CS. The third kappa shape index (κ3) is 3.88. The molecule has 0 aliphatic heterocycles. The Morgan fingerprint density at radius 2 is 1.93 bits per heavy atom. The Morgan fingerprint density at radius 3 is 2.40 bits per heavy atom. The minimum Gasteiger partial charge on any atom is -0.207 e. The maximum absolute atomic E-state index is 13.1. The number of benzene rings is 1. The van der Waals surface area contributed by atoms with Gasteiger partial charge in [-0.15, -0.1) is 0 Å². The van der Waals surface area contributed by atoms with E-state index in [0.29, 0.717) is 5.57 Å². The van der Waals surface area contributed by atoms with Crippen LogP contribution in [0.3, 0.4) is 0 Å². The van der Waals surface area contributed by atoms with Gasteiger partial charge in [-0.1, -0.05) is 18.7 Å². The van der Waals surface area contributed by atoms with Crippen molar-refractivity contribution in [3.63, 3.8) is 0 Å². The molecule has 1 aromatic carbocycles. The van der Waals surface area contributed by atoms with E-state index in [9.17, 15) is 8.78 Å². The van der Waals surface area contributed by atoms with Crippen molar-refractivity contribution in [3.8, 4) is 0 Å². The van der Waals surface area contributed by atoms with Gasteiger partial charge < -0.3 is 0 Å². The lowest BCUT2D eigenvalue weighted by Gasteiger charge is -2.02. The molecule has 0 aliphatic rings. The molecule has 3 heteroatoms. The quantitative estimate of drug-likeness (QED) is 0.572. The second-order valence-corrected chi connectivity index (χ2v) is 2.57. The second kappa shape index (κ2) is 7.23. The van der Waals surface area contributed by atoms with Crippen LogP contribution in [-0.2, 0) is 0 Å². The maximum atomic E-state index is 13.1. The van der Waals surface area contributed by atoms with Crippen LogP contribution in [0.15, 0.2) is 36.9 Å². The number of thiol groups is 1. The summed E-state index contributed by atoms with van der Waals surface area (Å²) in [7, 11) is 0. The Balaban J connectivity index is 0.000000921. The normalized spacial score (nSPS) is 10.3. The van der Waals surface area contributed by atoms with Crippen molar-refractivity contribution in [3.05, 3.63) is 54.1 Å². The number of hydrogen-bond acceptors (Lipinski definition) is 1. The van der Waals surface area contributed by atoms with Gasteiger partial charge >= 0.3 is 0 Å². The van der Waals surface area contributed by atoms with Crippen LogP contribution in [0.1, 0.15) is 12.5 Å². The zero-order valence-corrected chi connectivity index (χ0v) is 9.69. The van der Waals surface area contributed by atoms with E-state index in [1.165, 1.54) is 6.08 Å². The fourth-order valence-electron chi connectivity index (χ4n) is 1.10. The highest BCUT2D eigenvalue weighted by atomic mass is 32.1. The minimum atomic E-state index is -0.447. The summed E-state index contributed by atoms with van der Waals surface area (Å²) in [4.78, 5) is 0. The Labute approximate surface area is 94.7 Å². The summed E-state index contributed by atoms with van der Waals surface area (Å²) in [6.45, 7) is 5.27. The zero-order valence-electron chi connectivity index (χ0n) is 8.80. The number of halogens is 2. The van der Waals surface area contributed by atoms with Gasteiger partial charge in [0.1, 0.15) is 11.6 Å². The Morgan fingerprint density at radius 1 is 1.33 bits per heavy atom. The summed E-state index contributed by atoms with van der Waals surface area (Å²) in [5.41, 5.74) is 0.842. The molecule has 0 aliphatic carbocycles. The standard InChI is InChI=1S/C11H10F2.CH4S/c1-3-8(4-2)10-7-9(12)5-6-11(10)13;1-2/h3-7H,1H2,2H3;2H,1H3/b8-4+;. The monoisotopic (exact) mass is 228 g/mol. The first-order valence-corrected chi connectivity index (χ1v) is 5.27. The molecule has 0 amide bonds. The van der Waals surface area contributed by atoms with Crippen LogP contribution in [0, 0.1) is 11.6 Å².